The van der Waals surface area contributed by atoms with Gasteiger partial charge in [0.1, 0.15) is 18.1 Å². The topological polar surface area (TPSA) is 119 Å². The van der Waals surface area contributed by atoms with Gasteiger partial charge in [-0.05, 0) is 55.7 Å². The molecule has 0 fully saturated rings. The number of anilines is 1. The molecule has 2 aromatic heterocycles. The highest BCUT2D eigenvalue weighted by atomic mass is 16.5. The highest BCUT2D eigenvalue weighted by Crippen LogP contribution is 2.29. The van der Waals surface area contributed by atoms with E-state index in [0.29, 0.717) is 34.7 Å². The van der Waals surface area contributed by atoms with Crippen molar-refractivity contribution in [3.8, 4) is 0 Å². The van der Waals surface area contributed by atoms with Crippen molar-refractivity contribution in [1.29, 1.82) is 0 Å². The summed E-state index contributed by atoms with van der Waals surface area (Å²) in [5, 5.41) is 11.3. The van der Waals surface area contributed by atoms with E-state index in [1.165, 1.54) is 9.58 Å². The molecule has 1 unspecified atom stereocenters. The Morgan fingerprint density at radius 1 is 1.05 bits per heavy atom. The van der Waals surface area contributed by atoms with Crippen LogP contribution in [-0.4, -0.2) is 50.9 Å². The van der Waals surface area contributed by atoms with E-state index in [-0.39, 0.29) is 24.6 Å². The summed E-state index contributed by atoms with van der Waals surface area (Å²) in [6.45, 7) is 6.35. The summed E-state index contributed by atoms with van der Waals surface area (Å²) in [4.78, 5) is 45.9. The molecule has 1 atom stereocenters. The second-order valence-electron chi connectivity index (χ2n) is 9.43. The largest absolute Gasteiger partial charge is 0.462 e. The summed E-state index contributed by atoms with van der Waals surface area (Å²) >= 11 is 0. The first kappa shape index (κ1) is 27.4. The zero-order chi connectivity index (χ0) is 27.8. The summed E-state index contributed by atoms with van der Waals surface area (Å²) in [6.07, 6.45) is 3.95. The van der Waals surface area contributed by atoms with Crippen LogP contribution in [0, 0.1) is 5.92 Å². The minimum absolute atomic E-state index is 0.180. The standard InChI is InChI=1S/C29H32N6O4/c1-4-39-29(38)21-9-7-11-23(17-21)35(26(36)19-34-25-13-6-5-12-24(25)32-33-34)27(22-10-8-15-30-18-22)28(37)31-16-14-20(2)3/h5-13,15,17-18,20,27H,4,14,16,19H2,1-3H3,(H,31,37). The van der Waals surface area contributed by atoms with Crippen LogP contribution >= 0.6 is 0 Å². The number of hydrogen-bond donors (Lipinski definition) is 1. The first-order valence-electron chi connectivity index (χ1n) is 12.9. The number of hydrogen-bond acceptors (Lipinski definition) is 7. The molecule has 0 aliphatic rings. The number of amides is 2. The van der Waals surface area contributed by atoms with Crippen LogP contribution in [0.2, 0.25) is 0 Å². The lowest BCUT2D eigenvalue weighted by molar-refractivity contribution is -0.127. The molecule has 2 amide bonds. The molecule has 0 aliphatic heterocycles. The molecule has 0 aliphatic carbocycles. The third-order valence-electron chi connectivity index (χ3n) is 6.14. The Morgan fingerprint density at radius 2 is 1.87 bits per heavy atom. The molecule has 0 saturated heterocycles. The number of esters is 1. The maximum Gasteiger partial charge on any atom is 0.338 e. The van der Waals surface area contributed by atoms with Crippen molar-refractivity contribution in [1.82, 2.24) is 25.3 Å². The molecule has 2 heterocycles. The van der Waals surface area contributed by atoms with Gasteiger partial charge < -0.3 is 10.1 Å². The number of benzene rings is 2. The first-order valence-corrected chi connectivity index (χ1v) is 12.9. The zero-order valence-electron chi connectivity index (χ0n) is 22.3. The van der Waals surface area contributed by atoms with Crippen LogP contribution in [0.15, 0.2) is 73.1 Å². The average molecular weight is 529 g/mol. The Bertz CT molecular complexity index is 1440. The van der Waals surface area contributed by atoms with Gasteiger partial charge in [0.25, 0.3) is 0 Å². The van der Waals surface area contributed by atoms with Gasteiger partial charge in [-0.1, -0.05) is 43.3 Å². The lowest BCUT2D eigenvalue weighted by Crippen LogP contribution is -2.45. The number of pyridine rings is 1. The van der Waals surface area contributed by atoms with Crippen LogP contribution in [0.1, 0.15) is 49.2 Å². The Morgan fingerprint density at radius 3 is 2.62 bits per heavy atom. The van der Waals surface area contributed by atoms with Crippen LogP contribution in [0.3, 0.4) is 0 Å². The van der Waals surface area contributed by atoms with E-state index in [0.717, 1.165) is 6.42 Å². The molecular weight excluding hydrogens is 496 g/mol. The zero-order valence-corrected chi connectivity index (χ0v) is 22.3. The maximum atomic E-state index is 14.1. The minimum atomic E-state index is -1.05. The van der Waals surface area contributed by atoms with Crippen molar-refractivity contribution >= 4 is 34.5 Å². The van der Waals surface area contributed by atoms with Crippen LogP contribution < -0.4 is 10.2 Å². The van der Waals surface area contributed by atoms with Crippen LogP contribution in [0.25, 0.3) is 11.0 Å². The normalized spacial score (nSPS) is 11.8. The second kappa shape index (κ2) is 12.8. The van der Waals surface area contributed by atoms with Crippen LogP contribution in [-0.2, 0) is 20.9 Å². The van der Waals surface area contributed by atoms with Crippen molar-refractivity contribution in [2.45, 2.75) is 39.8 Å². The molecule has 4 rings (SSSR count). The summed E-state index contributed by atoms with van der Waals surface area (Å²) in [7, 11) is 0. The summed E-state index contributed by atoms with van der Waals surface area (Å²) in [5.41, 5.74) is 2.49. The lowest BCUT2D eigenvalue weighted by atomic mass is 10.0. The number of fused-ring (bicyclic) bond motifs is 1. The minimum Gasteiger partial charge on any atom is -0.462 e. The van der Waals surface area contributed by atoms with Crippen molar-refractivity contribution in [2.24, 2.45) is 5.92 Å². The molecule has 2 aromatic carbocycles. The molecule has 0 saturated carbocycles. The van der Waals surface area contributed by atoms with Gasteiger partial charge in [-0.3, -0.25) is 19.5 Å². The number of carbonyl (C=O) groups excluding carboxylic acids is 3. The Hall–Kier alpha value is -4.60. The summed E-state index contributed by atoms with van der Waals surface area (Å²) in [5.74, 6) is -0.906. The van der Waals surface area contributed by atoms with Gasteiger partial charge in [-0.25, -0.2) is 9.48 Å². The number of nitrogens with one attached hydrogen (secondary N) is 1. The number of rotatable bonds is 11. The SMILES string of the molecule is CCOC(=O)c1cccc(N(C(=O)Cn2nnc3ccccc32)C(C(=O)NCCC(C)C)c2cccnc2)c1. The lowest BCUT2D eigenvalue weighted by Gasteiger charge is -2.31. The molecule has 0 bridgehead atoms. The fraction of sp³-hybridized carbons (Fsp3) is 0.310. The van der Waals surface area contributed by atoms with E-state index < -0.39 is 17.9 Å². The van der Waals surface area contributed by atoms with Crippen LogP contribution in [0.4, 0.5) is 5.69 Å². The third kappa shape index (κ3) is 6.64. The number of nitrogens with zero attached hydrogens (tertiary/aromatic N) is 5. The average Bonchev–Trinajstić information content (AvgIpc) is 3.34. The second-order valence-corrected chi connectivity index (χ2v) is 9.43. The highest BCUT2D eigenvalue weighted by Gasteiger charge is 2.34. The van der Waals surface area contributed by atoms with Gasteiger partial charge in [0, 0.05) is 30.2 Å². The number of aromatic nitrogens is 4. The van der Waals surface area contributed by atoms with Gasteiger partial charge in [-0.15, -0.1) is 5.10 Å². The molecule has 10 nitrogen and oxygen atoms in total. The monoisotopic (exact) mass is 528 g/mol. The third-order valence-corrected chi connectivity index (χ3v) is 6.14. The highest BCUT2D eigenvalue weighted by molar-refractivity contribution is 6.02. The van der Waals surface area contributed by atoms with E-state index in [2.05, 4.69) is 34.5 Å². The summed E-state index contributed by atoms with van der Waals surface area (Å²) < 4.78 is 6.67. The molecule has 0 spiro atoms. The molecule has 10 heteroatoms. The number of para-hydroxylation sites is 1. The van der Waals surface area contributed by atoms with Crippen molar-refractivity contribution < 1.29 is 19.1 Å². The summed E-state index contributed by atoms with van der Waals surface area (Å²) in [6, 6.07) is 16.2. The van der Waals surface area contributed by atoms with Gasteiger partial charge in [-0.2, -0.15) is 0 Å². The molecule has 202 valence electrons. The Kier molecular flexibility index (Phi) is 8.98. The maximum absolute atomic E-state index is 14.1. The van der Waals surface area contributed by atoms with Gasteiger partial charge in [0.15, 0.2) is 0 Å². The van der Waals surface area contributed by atoms with E-state index >= 15 is 0 Å². The van der Waals surface area contributed by atoms with E-state index in [4.69, 9.17) is 4.74 Å². The van der Waals surface area contributed by atoms with E-state index in [9.17, 15) is 14.4 Å². The Labute approximate surface area is 227 Å². The molecule has 39 heavy (non-hydrogen) atoms. The number of ether oxygens (including phenoxy) is 1. The Balaban J connectivity index is 1.79. The van der Waals surface area contributed by atoms with Gasteiger partial charge in [0.2, 0.25) is 11.8 Å². The smallest absolute Gasteiger partial charge is 0.338 e. The quantitative estimate of drug-likeness (QED) is 0.293. The van der Waals surface area contributed by atoms with Gasteiger partial charge in [0.05, 0.1) is 17.7 Å². The van der Waals surface area contributed by atoms with Crippen molar-refractivity contribution in [3.05, 3.63) is 84.2 Å². The number of carbonyl (C=O) groups is 3. The van der Waals surface area contributed by atoms with Gasteiger partial charge >= 0.3 is 5.97 Å². The van der Waals surface area contributed by atoms with E-state index in [1.54, 1.807) is 55.7 Å². The van der Waals surface area contributed by atoms with Crippen molar-refractivity contribution in [3.63, 3.8) is 0 Å². The molecule has 4 aromatic rings. The van der Waals surface area contributed by atoms with Crippen molar-refractivity contribution in [2.75, 3.05) is 18.1 Å². The fourth-order valence-electron chi connectivity index (χ4n) is 4.21. The molecule has 1 N–H and O–H groups in total. The van der Waals surface area contributed by atoms with Crippen LogP contribution in [0.5, 0.6) is 0 Å². The first-order chi connectivity index (χ1) is 18.9. The fourth-order valence-corrected chi connectivity index (χ4v) is 4.21. The molecule has 0 radical (unpaired) electrons. The predicted molar refractivity (Wildman–Crippen MR) is 147 cm³/mol. The predicted octanol–water partition coefficient (Wildman–Crippen LogP) is 3.94. The molecular formula is C29H32N6O4. The van der Waals surface area contributed by atoms with E-state index in [1.807, 2.05) is 24.3 Å².